The van der Waals surface area contributed by atoms with E-state index >= 15 is 0 Å². The Balaban J connectivity index is 1.75. The zero-order chi connectivity index (χ0) is 21.1. The molecule has 0 saturated carbocycles. The maximum Gasteiger partial charge on any atom is 0.228 e. The lowest BCUT2D eigenvalue weighted by Gasteiger charge is -2.31. The van der Waals surface area contributed by atoms with Crippen LogP contribution in [0.4, 0.5) is 11.8 Å². The normalized spacial score (nSPS) is 18.8. The molecule has 1 N–H and O–H groups in total. The number of benzene rings is 1. The molecule has 0 amide bonds. The molecule has 3 heterocycles. The molecule has 8 heteroatoms. The van der Waals surface area contributed by atoms with Crippen molar-refractivity contribution in [2.45, 2.75) is 38.8 Å². The molecule has 2 aliphatic heterocycles. The summed E-state index contributed by atoms with van der Waals surface area (Å²) in [6, 6.07) is 4.36. The van der Waals surface area contributed by atoms with Gasteiger partial charge in [-0.05, 0) is 52.9 Å². The molecule has 0 bridgehead atoms. The van der Waals surface area contributed by atoms with E-state index in [9.17, 15) is 0 Å². The number of aromatic nitrogens is 2. The van der Waals surface area contributed by atoms with Gasteiger partial charge >= 0.3 is 0 Å². The van der Waals surface area contributed by atoms with Crippen LogP contribution in [-0.2, 0) is 4.74 Å². The number of hydrogen-bond donors (Lipinski definition) is 1. The SMILES string of the molecule is COc1cc2nc(N3CCOCC3)nc(NC3CCN(C)CC3)c2cc1OC(C)C. The molecule has 0 atom stereocenters. The van der Waals surface area contributed by atoms with E-state index in [4.69, 9.17) is 24.2 Å². The second-order valence-electron chi connectivity index (χ2n) is 8.38. The van der Waals surface area contributed by atoms with Crippen LogP contribution in [0, 0.1) is 0 Å². The second-order valence-corrected chi connectivity index (χ2v) is 8.38. The number of methoxy groups -OCH3 is 1. The average molecular weight is 416 g/mol. The Morgan fingerprint density at radius 1 is 1.07 bits per heavy atom. The maximum absolute atomic E-state index is 6.01. The maximum atomic E-state index is 6.01. The summed E-state index contributed by atoms with van der Waals surface area (Å²) >= 11 is 0. The summed E-state index contributed by atoms with van der Waals surface area (Å²) in [7, 11) is 3.84. The number of rotatable bonds is 6. The number of piperidine rings is 1. The highest BCUT2D eigenvalue weighted by molar-refractivity contribution is 5.93. The molecule has 30 heavy (non-hydrogen) atoms. The highest BCUT2D eigenvalue weighted by Crippen LogP contribution is 2.36. The average Bonchev–Trinajstić information content (AvgIpc) is 2.75. The van der Waals surface area contributed by atoms with E-state index in [1.165, 1.54) is 0 Å². The first kappa shape index (κ1) is 20.9. The molecule has 0 radical (unpaired) electrons. The van der Waals surface area contributed by atoms with E-state index < -0.39 is 0 Å². The zero-order valence-corrected chi connectivity index (χ0v) is 18.5. The number of ether oxygens (including phenoxy) is 3. The van der Waals surface area contributed by atoms with Gasteiger partial charge in [-0.1, -0.05) is 0 Å². The van der Waals surface area contributed by atoms with Gasteiger partial charge in [-0.3, -0.25) is 0 Å². The number of likely N-dealkylation sites (tertiary alicyclic amines) is 1. The van der Waals surface area contributed by atoms with Crippen LogP contribution in [0.2, 0.25) is 0 Å². The Hall–Kier alpha value is -2.32. The Morgan fingerprint density at radius 2 is 1.80 bits per heavy atom. The Morgan fingerprint density at radius 3 is 2.47 bits per heavy atom. The lowest BCUT2D eigenvalue weighted by atomic mass is 10.1. The van der Waals surface area contributed by atoms with Crippen LogP contribution in [-0.4, -0.2) is 80.6 Å². The van der Waals surface area contributed by atoms with E-state index in [0.29, 0.717) is 30.8 Å². The quantitative estimate of drug-likeness (QED) is 0.772. The lowest BCUT2D eigenvalue weighted by Crippen LogP contribution is -2.38. The minimum atomic E-state index is 0.0511. The third-order valence-electron chi connectivity index (χ3n) is 5.69. The molecule has 8 nitrogen and oxygen atoms in total. The van der Waals surface area contributed by atoms with Gasteiger partial charge in [0.05, 0.1) is 31.9 Å². The summed E-state index contributed by atoms with van der Waals surface area (Å²) in [6.07, 6.45) is 2.25. The molecule has 0 aliphatic carbocycles. The molecule has 0 spiro atoms. The van der Waals surface area contributed by atoms with Crippen LogP contribution in [0.5, 0.6) is 11.5 Å². The standard InChI is InChI=1S/C22H33N5O3/c1-15(2)30-20-13-17-18(14-19(20)28-4)24-22(27-9-11-29-12-10-27)25-21(17)23-16-5-7-26(3)8-6-16/h13-16H,5-12H2,1-4H3,(H,23,24,25). The molecule has 0 unspecified atom stereocenters. The van der Waals surface area contributed by atoms with E-state index in [0.717, 1.165) is 61.7 Å². The molecule has 1 aromatic heterocycles. The zero-order valence-electron chi connectivity index (χ0n) is 18.5. The van der Waals surface area contributed by atoms with Gasteiger partial charge < -0.3 is 29.3 Å². The van der Waals surface area contributed by atoms with Crippen molar-refractivity contribution in [3.05, 3.63) is 12.1 Å². The minimum absolute atomic E-state index is 0.0511. The first-order valence-corrected chi connectivity index (χ1v) is 10.9. The molecule has 2 fully saturated rings. The largest absolute Gasteiger partial charge is 0.493 e. The summed E-state index contributed by atoms with van der Waals surface area (Å²) in [5.41, 5.74) is 0.856. The van der Waals surface area contributed by atoms with Crippen molar-refractivity contribution in [1.82, 2.24) is 14.9 Å². The molecular formula is C22H33N5O3. The van der Waals surface area contributed by atoms with Crippen molar-refractivity contribution in [1.29, 1.82) is 0 Å². The van der Waals surface area contributed by atoms with Gasteiger partial charge in [0, 0.05) is 30.6 Å². The fourth-order valence-electron chi connectivity index (χ4n) is 3.99. The molecule has 4 rings (SSSR count). The Labute approximate surface area is 178 Å². The summed E-state index contributed by atoms with van der Waals surface area (Å²) in [5.74, 6) is 3.01. The molecule has 2 aliphatic rings. The predicted octanol–water partition coefficient (Wildman–Crippen LogP) is 2.77. The molecular weight excluding hydrogens is 382 g/mol. The highest BCUT2D eigenvalue weighted by atomic mass is 16.5. The van der Waals surface area contributed by atoms with Crippen LogP contribution in [0.15, 0.2) is 12.1 Å². The first-order chi connectivity index (χ1) is 14.5. The highest BCUT2D eigenvalue weighted by Gasteiger charge is 2.22. The minimum Gasteiger partial charge on any atom is -0.493 e. The number of fused-ring (bicyclic) bond motifs is 1. The second kappa shape index (κ2) is 9.22. The van der Waals surface area contributed by atoms with Crippen molar-refractivity contribution in [3.63, 3.8) is 0 Å². The van der Waals surface area contributed by atoms with E-state index in [1.54, 1.807) is 7.11 Å². The molecule has 1 aromatic carbocycles. The first-order valence-electron chi connectivity index (χ1n) is 10.9. The van der Waals surface area contributed by atoms with Crippen LogP contribution >= 0.6 is 0 Å². The van der Waals surface area contributed by atoms with Gasteiger partial charge in [0.2, 0.25) is 5.95 Å². The number of hydrogen-bond acceptors (Lipinski definition) is 8. The monoisotopic (exact) mass is 415 g/mol. The van der Waals surface area contributed by atoms with Crippen LogP contribution in [0.1, 0.15) is 26.7 Å². The van der Waals surface area contributed by atoms with Gasteiger partial charge in [0.15, 0.2) is 11.5 Å². The summed E-state index contributed by atoms with van der Waals surface area (Å²) < 4.78 is 17.1. The molecule has 2 saturated heterocycles. The summed E-state index contributed by atoms with van der Waals surface area (Å²) in [4.78, 5) is 14.4. The lowest BCUT2D eigenvalue weighted by molar-refractivity contribution is 0.122. The van der Waals surface area contributed by atoms with Crippen molar-refractivity contribution in [2.75, 3.05) is 63.8 Å². The van der Waals surface area contributed by atoms with Crippen LogP contribution < -0.4 is 19.7 Å². The van der Waals surface area contributed by atoms with Gasteiger partial charge in [0.25, 0.3) is 0 Å². The number of nitrogens with one attached hydrogen (secondary N) is 1. The topological polar surface area (TPSA) is 72.0 Å². The third-order valence-corrected chi connectivity index (χ3v) is 5.69. The van der Waals surface area contributed by atoms with E-state index in [1.807, 2.05) is 26.0 Å². The number of morpholine rings is 1. The predicted molar refractivity (Wildman–Crippen MR) is 119 cm³/mol. The van der Waals surface area contributed by atoms with Crippen LogP contribution in [0.3, 0.4) is 0 Å². The Kier molecular flexibility index (Phi) is 6.43. The van der Waals surface area contributed by atoms with Gasteiger partial charge in [-0.2, -0.15) is 4.98 Å². The van der Waals surface area contributed by atoms with Gasteiger partial charge in [-0.15, -0.1) is 0 Å². The van der Waals surface area contributed by atoms with E-state index in [2.05, 4.69) is 22.2 Å². The molecule has 164 valence electrons. The van der Waals surface area contributed by atoms with Gasteiger partial charge in [-0.25, -0.2) is 4.98 Å². The van der Waals surface area contributed by atoms with Crippen molar-refractivity contribution in [3.8, 4) is 11.5 Å². The van der Waals surface area contributed by atoms with Crippen molar-refractivity contribution >= 4 is 22.7 Å². The van der Waals surface area contributed by atoms with E-state index in [-0.39, 0.29) is 6.10 Å². The smallest absolute Gasteiger partial charge is 0.228 e. The van der Waals surface area contributed by atoms with Crippen molar-refractivity contribution in [2.24, 2.45) is 0 Å². The number of anilines is 2. The van der Waals surface area contributed by atoms with Crippen molar-refractivity contribution < 1.29 is 14.2 Å². The molecule has 2 aromatic rings. The summed E-state index contributed by atoms with van der Waals surface area (Å²) in [6.45, 7) is 9.20. The Bertz CT molecular complexity index is 861. The summed E-state index contributed by atoms with van der Waals surface area (Å²) in [5, 5.41) is 4.67. The fraction of sp³-hybridized carbons (Fsp3) is 0.636. The fourth-order valence-corrected chi connectivity index (χ4v) is 3.99. The van der Waals surface area contributed by atoms with Crippen LogP contribution in [0.25, 0.3) is 10.9 Å². The third kappa shape index (κ3) is 4.70. The van der Waals surface area contributed by atoms with Gasteiger partial charge in [0.1, 0.15) is 5.82 Å². The number of nitrogens with zero attached hydrogens (tertiary/aromatic N) is 4.